The summed E-state index contributed by atoms with van der Waals surface area (Å²) in [5.74, 6) is 0.336. The second-order valence-electron chi connectivity index (χ2n) is 6.41. The Labute approximate surface area is 186 Å². The summed E-state index contributed by atoms with van der Waals surface area (Å²) in [7, 11) is -0.993. The van der Waals surface area contributed by atoms with Gasteiger partial charge in [-0.25, -0.2) is 13.8 Å². The molecule has 9 nitrogen and oxygen atoms in total. The quantitative estimate of drug-likeness (QED) is 0.393. The van der Waals surface area contributed by atoms with Gasteiger partial charge in [0.25, 0.3) is 15.9 Å². The van der Waals surface area contributed by atoms with Gasteiger partial charge in [-0.2, -0.15) is 5.10 Å². The molecule has 10 heteroatoms. The highest BCUT2D eigenvalue weighted by atomic mass is 32.2. The summed E-state index contributed by atoms with van der Waals surface area (Å²) in [6.07, 6.45) is 4.28. The van der Waals surface area contributed by atoms with Crippen molar-refractivity contribution < 1.29 is 22.7 Å². The number of nitrogens with zero attached hydrogens (tertiary/aromatic N) is 3. The number of rotatable bonds is 9. The molecular weight excluding hydrogens is 432 g/mol. The lowest BCUT2D eigenvalue weighted by atomic mass is 10.2. The standard InChI is InChI=1S/C22H22N4O5S/c1-30-20-12-6-8-17(22(20)31-2)14-24-25-21(27)16-26(18-9-7-13-23-15-18)32(28,29)19-10-4-3-5-11-19/h3-15H,16H2,1-2H3,(H,25,27)/b24-14-. The minimum Gasteiger partial charge on any atom is -0.493 e. The van der Waals surface area contributed by atoms with Gasteiger partial charge >= 0.3 is 0 Å². The third kappa shape index (κ3) is 5.22. The minimum absolute atomic E-state index is 0.0567. The maximum atomic E-state index is 13.2. The number of ether oxygens (including phenoxy) is 2. The van der Waals surface area contributed by atoms with Crippen molar-refractivity contribution in [2.45, 2.75) is 4.90 Å². The number of hydrazone groups is 1. The molecule has 0 fully saturated rings. The molecule has 0 aliphatic rings. The molecule has 0 saturated heterocycles. The smallest absolute Gasteiger partial charge is 0.264 e. The molecule has 1 amide bonds. The number of carbonyl (C=O) groups is 1. The average molecular weight is 455 g/mol. The summed E-state index contributed by atoms with van der Waals surface area (Å²) in [6.45, 7) is -0.491. The maximum absolute atomic E-state index is 13.2. The highest BCUT2D eigenvalue weighted by Gasteiger charge is 2.27. The molecule has 0 radical (unpaired) electrons. The van der Waals surface area contributed by atoms with Crippen molar-refractivity contribution in [3.05, 3.63) is 78.6 Å². The summed E-state index contributed by atoms with van der Waals surface area (Å²) in [6, 6.07) is 16.2. The lowest BCUT2D eigenvalue weighted by molar-refractivity contribution is -0.119. The first kappa shape index (κ1) is 22.8. The van der Waals surface area contributed by atoms with Gasteiger partial charge in [-0.1, -0.05) is 24.3 Å². The van der Waals surface area contributed by atoms with Gasteiger partial charge in [0.2, 0.25) is 0 Å². The Hall–Kier alpha value is -3.92. The van der Waals surface area contributed by atoms with Gasteiger partial charge in [-0.05, 0) is 36.4 Å². The number of benzene rings is 2. The molecule has 32 heavy (non-hydrogen) atoms. The monoisotopic (exact) mass is 454 g/mol. The number of para-hydroxylation sites is 1. The second kappa shape index (κ2) is 10.4. The molecule has 0 bridgehead atoms. The number of hydrogen-bond donors (Lipinski definition) is 1. The molecule has 1 heterocycles. The van der Waals surface area contributed by atoms with Crippen molar-refractivity contribution in [2.75, 3.05) is 25.1 Å². The van der Waals surface area contributed by atoms with E-state index in [1.807, 2.05) is 0 Å². The number of aromatic nitrogens is 1. The van der Waals surface area contributed by atoms with Crippen molar-refractivity contribution in [3.8, 4) is 11.5 Å². The molecule has 0 aliphatic carbocycles. The largest absolute Gasteiger partial charge is 0.493 e. The topological polar surface area (TPSA) is 110 Å². The summed E-state index contributed by atoms with van der Waals surface area (Å²) >= 11 is 0. The third-order valence-corrected chi connectivity index (χ3v) is 6.17. The van der Waals surface area contributed by atoms with Gasteiger partial charge in [0.1, 0.15) is 6.54 Å². The predicted molar refractivity (Wildman–Crippen MR) is 120 cm³/mol. The highest BCUT2D eigenvalue weighted by molar-refractivity contribution is 7.92. The molecule has 166 valence electrons. The van der Waals surface area contributed by atoms with Crippen molar-refractivity contribution >= 4 is 27.8 Å². The van der Waals surface area contributed by atoms with Gasteiger partial charge in [-0.3, -0.25) is 14.1 Å². The molecule has 0 spiro atoms. The number of amides is 1. The molecule has 0 unspecified atom stereocenters. The van der Waals surface area contributed by atoms with Crippen molar-refractivity contribution in [3.63, 3.8) is 0 Å². The highest BCUT2D eigenvalue weighted by Crippen LogP contribution is 2.29. The third-order valence-electron chi connectivity index (χ3n) is 4.38. The van der Waals surface area contributed by atoms with Crippen molar-refractivity contribution in [2.24, 2.45) is 5.10 Å². The van der Waals surface area contributed by atoms with Crippen LogP contribution in [0.5, 0.6) is 11.5 Å². The fourth-order valence-electron chi connectivity index (χ4n) is 2.89. The molecule has 0 saturated carbocycles. The first-order valence-electron chi connectivity index (χ1n) is 9.48. The molecule has 2 aromatic carbocycles. The first-order valence-corrected chi connectivity index (χ1v) is 10.9. The zero-order chi connectivity index (χ0) is 23.0. The lowest BCUT2D eigenvalue weighted by Crippen LogP contribution is -2.39. The van der Waals surface area contributed by atoms with Crippen LogP contribution in [0, 0.1) is 0 Å². The number of hydrogen-bond acceptors (Lipinski definition) is 7. The first-order chi connectivity index (χ1) is 15.5. The van der Waals surface area contributed by atoms with Crippen LogP contribution in [0.25, 0.3) is 0 Å². The van der Waals surface area contributed by atoms with Crippen LogP contribution in [0.2, 0.25) is 0 Å². The average Bonchev–Trinajstić information content (AvgIpc) is 2.83. The van der Waals surface area contributed by atoms with Gasteiger partial charge in [-0.15, -0.1) is 0 Å². The SMILES string of the molecule is COc1cccc(/C=N\NC(=O)CN(c2cccnc2)S(=O)(=O)c2ccccc2)c1OC. The van der Waals surface area contributed by atoms with E-state index in [4.69, 9.17) is 9.47 Å². The van der Waals surface area contributed by atoms with Gasteiger partial charge in [0.05, 0.1) is 37.2 Å². The molecule has 1 N–H and O–H groups in total. The van der Waals surface area contributed by atoms with Gasteiger partial charge < -0.3 is 9.47 Å². The van der Waals surface area contributed by atoms with E-state index < -0.39 is 22.5 Å². The Kier molecular flexibility index (Phi) is 7.40. The van der Waals surface area contributed by atoms with Crippen LogP contribution < -0.4 is 19.2 Å². The van der Waals surface area contributed by atoms with E-state index in [0.717, 1.165) is 4.31 Å². The van der Waals surface area contributed by atoms with Crippen LogP contribution in [0.1, 0.15) is 5.56 Å². The number of nitrogens with one attached hydrogen (secondary N) is 1. The van der Waals surface area contributed by atoms with E-state index in [-0.39, 0.29) is 10.6 Å². The normalized spacial score (nSPS) is 11.2. The summed E-state index contributed by atoms with van der Waals surface area (Å²) < 4.78 is 37.9. The van der Waals surface area contributed by atoms with E-state index >= 15 is 0 Å². The van der Waals surface area contributed by atoms with Crippen molar-refractivity contribution in [1.82, 2.24) is 10.4 Å². The van der Waals surface area contributed by atoms with E-state index in [1.165, 1.54) is 45.0 Å². The van der Waals surface area contributed by atoms with Crippen LogP contribution in [0.4, 0.5) is 5.69 Å². The van der Waals surface area contributed by atoms with Crippen LogP contribution in [-0.4, -0.2) is 46.3 Å². The Bertz CT molecular complexity index is 1190. The number of pyridine rings is 1. The van der Waals surface area contributed by atoms with E-state index in [1.54, 1.807) is 48.5 Å². The maximum Gasteiger partial charge on any atom is 0.264 e. The number of sulfonamides is 1. The fraction of sp³-hybridized carbons (Fsp3) is 0.136. The molecule has 3 aromatic rings. The van der Waals surface area contributed by atoms with Crippen LogP contribution in [0.3, 0.4) is 0 Å². The second-order valence-corrected chi connectivity index (χ2v) is 8.27. The zero-order valence-electron chi connectivity index (χ0n) is 17.5. The zero-order valence-corrected chi connectivity index (χ0v) is 18.3. The van der Waals surface area contributed by atoms with Gasteiger partial charge in [0, 0.05) is 11.8 Å². The van der Waals surface area contributed by atoms with Crippen LogP contribution in [0.15, 0.2) is 83.1 Å². The molecule has 3 rings (SSSR count). The van der Waals surface area contributed by atoms with Crippen LogP contribution >= 0.6 is 0 Å². The minimum atomic E-state index is -4.00. The fourth-order valence-corrected chi connectivity index (χ4v) is 4.32. The number of methoxy groups -OCH3 is 2. The summed E-state index contributed by atoms with van der Waals surface area (Å²) in [5.41, 5.74) is 3.18. The van der Waals surface area contributed by atoms with E-state index in [2.05, 4.69) is 15.5 Å². The molecular formula is C22H22N4O5S. The Morgan fingerprint density at radius 2 is 1.84 bits per heavy atom. The Morgan fingerprint density at radius 3 is 2.50 bits per heavy atom. The Balaban J connectivity index is 1.81. The van der Waals surface area contributed by atoms with Gasteiger partial charge in [0.15, 0.2) is 11.5 Å². The van der Waals surface area contributed by atoms with E-state index in [9.17, 15) is 13.2 Å². The summed E-state index contributed by atoms with van der Waals surface area (Å²) in [4.78, 5) is 16.6. The number of carbonyl (C=O) groups excluding carboxylic acids is 1. The van der Waals surface area contributed by atoms with Crippen molar-refractivity contribution in [1.29, 1.82) is 0 Å². The molecule has 1 aromatic heterocycles. The van der Waals surface area contributed by atoms with E-state index in [0.29, 0.717) is 17.1 Å². The molecule has 0 aliphatic heterocycles. The Morgan fingerprint density at radius 1 is 1.06 bits per heavy atom. The molecule has 0 atom stereocenters. The predicted octanol–water partition coefficient (Wildman–Crippen LogP) is 2.44. The lowest BCUT2D eigenvalue weighted by Gasteiger charge is -2.23. The number of anilines is 1. The summed E-state index contributed by atoms with van der Waals surface area (Å²) in [5, 5.41) is 3.93. The van der Waals surface area contributed by atoms with Crippen LogP contribution in [-0.2, 0) is 14.8 Å².